The molecule has 1 aromatic rings. The maximum Gasteiger partial charge on any atom is 0.141 e. The molecule has 0 amide bonds. The number of rotatable bonds is 1. The first-order valence-electron chi connectivity index (χ1n) is 4.44. The van der Waals surface area contributed by atoms with Crippen LogP contribution >= 0.6 is 0 Å². The molecule has 1 aliphatic rings. The van der Waals surface area contributed by atoms with E-state index in [4.69, 9.17) is 10.3 Å². The lowest BCUT2D eigenvalue weighted by Crippen LogP contribution is -2.08. The van der Waals surface area contributed by atoms with Gasteiger partial charge in [-0.2, -0.15) is 0 Å². The van der Waals surface area contributed by atoms with Crippen molar-refractivity contribution in [3.63, 3.8) is 0 Å². The van der Waals surface area contributed by atoms with Crippen LogP contribution in [0.25, 0.3) is 0 Å². The number of fused-ring (bicyclic) bond motifs is 1. The molecule has 0 fully saturated rings. The average Bonchev–Trinajstić information content (AvgIpc) is 2.53. The van der Waals surface area contributed by atoms with E-state index < -0.39 is 0 Å². The van der Waals surface area contributed by atoms with Gasteiger partial charge in [0, 0.05) is 18.0 Å². The fourth-order valence-corrected chi connectivity index (χ4v) is 1.77. The van der Waals surface area contributed by atoms with E-state index in [9.17, 15) is 0 Å². The minimum absolute atomic E-state index is 0.156. The molecule has 2 N–H and O–H groups in total. The van der Waals surface area contributed by atoms with Crippen molar-refractivity contribution in [3.05, 3.63) is 17.0 Å². The summed E-state index contributed by atoms with van der Waals surface area (Å²) in [6.45, 7) is 4.23. The van der Waals surface area contributed by atoms with Crippen molar-refractivity contribution in [2.75, 3.05) is 0 Å². The van der Waals surface area contributed by atoms with Crippen LogP contribution in [0.15, 0.2) is 4.52 Å². The Labute approximate surface area is 71.9 Å². The average molecular weight is 166 g/mol. The van der Waals surface area contributed by atoms with E-state index in [1.807, 2.05) is 0 Å². The Bertz CT molecular complexity index is 291. The summed E-state index contributed by atoms with van der Waals surface area (Å²) in [4.78, 5) is 0. The highest BCUT2D eigenvalue weighted by molar-refractivity contribution is 5.32. The van der Waals surface area contributed by atoms with E-state index in [0.29, 0.717) is 5.92 Å². The molecule has 0 saturated carbocycles. The molecule has 1 atom stereocenters. The number of aryl methyl sites for hydroxylation is 1. The summed E-state index contributed by atoms with van der Waals surface area (Å²) in [6, 6.07) is 0.156. The molecule has 0 aliphatic heterocycles. The molecule has 1 heterocycles. The van der Waals surface area contributed by atoms with Gasteiger partial charge < -0.3 is 10.3 Å². The van der Waals surface area contributed by atoms with Gasteiger partial charge in [-0.3, -0.25) is 0 Å². The smallest absolute Gasteiger partial charge is 0.141 e. The number of hydrogen-bond acceptors (Lipinski definition) is 3. The molecule has 1 aliphatic carbocycles. The third-order valence-corrected chi connectivity index (χ3v) is 2.43. The van der Waals surface area contributed by atoms with Crippen LogP contribution in [0, 0.1) is 0 Å². The van der Waals surface area contributed by atoms with Crippen LogP contribution in [0.5, 0.6) is 0 Å². The van der Waals surface area contributed by atoms with E-state index in [2.05, 4.69) is 19.0 Å². The first-order chi connectivity index (χ1) is 5.70. The minimum atomic E-state index is 0.156. The van der Waals surface area contributed by atoms with Crippen molar-refractivity contribution in [1.29, 1.82) is 0 Å². The van der Waals surface area contributed by atoms with Crippen LogP contribution in [-0.2, 0) is 6.42 Å². The SMILES string of the molecule is CC(C)c1noc2c1C(N)CC2. The zero-order valence-corrected chi connectivity index (χ0v) is 7.50. The molecule has 0 saturated heterocycles. The van der Waals surface area contributed by atoms with Gasteiger partial charge in [-0.05, 0) is 12.3 Å². The number of nitrogens with two attached hydrogens (primary N) is 1. The Kier molecular flexibility index (Phi) is 1.68. The molecule has 3 heteroatoms. The van der Waals surface area contributed by atoms with E-state index in [1.54, 1.807) is 0 Å². The molecule has 3 nitrogen and oxygen atoms in total. The lowest BCUT2D eigenvalue weighted by Gasteiger charge is -2.05. The molecule has 0 bridgehead atoms. The van der Waals surface area contributed by atoms with E-state index in [1.165, 1.54) is 5.56 Å². The van der Waals surface area contributed by atoms with Crippen molar-refractivity contribution in [2.24, 2.45) is 5.73 Å². The summed E-state index contributed by atoms with van der Waals surface area (Å²) in [5.41, 5.74) is 8.15. The van der Waals surface area contributed by atoms with Gasteiger partial charge >= 0.3 is 0 Å². The second-order valence-corrected chi connectivity index (χ2v) is 3.70. The lowest BCUT2D eigenvalue weighted by molar-refractivity contribution is 0.376. The predicted molar refractivity (Wildman–Crippen MR) is 45.8 cm³/mol. The summed E-state index contributed by atoms with van der Waals surface area (Å²) in [6.07, 6.45) is 1.96. The summed E-state index contributed by atoms with van der Waals surface area (Å²) < 4.78 is 5.21. The molecule has 12 heavy (non-hydrogen) atoms. The Morgan fingerprint density at radius 2 is 2.33 bits per heavy atom. The molecular formula is C9H14N2O. The lowest BCUT2D eigenvalue weighted by atomic mass is 10.0. The molecule has 66 valence electrons. The molecular weight excluding hydrogens is 152 g/mol. The van der Waals surface area contributed by atoms with Crippen molar-refractivity contribution in [2.45, 2.75) is 38.6 Å². The molecule has 0 spiro atoms. The largest absolute Gasteiger partial charge is 0.361 e. The maximum atomic E-state index is 5.93. The highest BCUT2D eigenvalue weighted by atomic mass is 16.5. The van der Waals surface area contributed by atoms with Gasteiger partial charge in [0.2, 0.25) is 0 Å². The fourth-order valence-electron chi connectivity index (χ4n) is 1.77. The van der Waals surface area contributed by atoms with Crippen molar-refractivity contribution < 1.29 is 4.52 Å². The molecule has 0 radical (unpaired) electrons. The standard InChI is InChI=1S/C9H14N2O/c1-5(2)9-8-6(10)3-4-7(8)12-11-9/h5-6H,3-4,10H2,1-2H3. The highest BCUT2D eigenvalue weighted by Gasteiger charge is 2.28. The summed E-state index contributed by atoms with van der Waals surface area (Å²) >= 11 is 0. The van der Waals surface area contributed by atoms with Gasteiger partial charge in [0.1, 0.15) is 5.76 Å². The third kappa shape index (κ3) is 0.966. The van der Waals surface area contributed by atoms with Crippen molar-refractivity contribution in [3.8, 4) is 0 Å². The van der Waals surface area contributed by atoms with Gasteiger partial charge in [0.05, 0.1) is 5.69 Å². The first-order valence-corrected chi connectivity index (χ1v) is 4.44. The third-order valence-electron chi connectivity index (χ3n) is 2.43. The van der Waals surface area contributed by atoms with Crippen LogP contribution in [0.3, 0.4) is 0 Å². The van der Waals surface area contributed by atoms with Gasteiger partial charge in [-0.25, -0.2) is 0 Å². The Morgan fingerprint density at radius 3 is 3.00 bits per heavy atom. The fraction of sp³-hybridized carbons (Fsp3) is 0.667. The normalized spacial score (nSPS) is 21.8. The first kappa shape index (κ1) is 7.80. The monoisotopic (exact) mass is 166 g/mol. The zero-order valence-electron chi connectivity index (χ0n) is 7.50. The summed E-state index contributed by atoms with van der Waals surface area (Å²) in [5, 5.41) is 4.03. The Hall–Kier alpha value is -0.830. The number of hydrogen-bond donors (Lipinski definition) is 1. The van der Waals surface area contributed by atoms with Gasteiger partial charge in [-0.1, -0.05) is 19.0 Å². The van der Waals surface area contributed by atoms with Crippen LogP contribution in [0.1, 0.15) is 49.2 Å². The highest BCUT2D eigenvalue weighted by Crippen LogP contribution is 2.34. The second kappa shape index (κ2) is 2.59. The van der Waals surface area contributed by atoms with Crippen LogP contribution in [0.2, 0.25) is 0 Å². The maximum absolute atomic E-state index is 5.93. The molecule has 2 rings (SSSR count). The van der Waals surface area contributed by atoms with Gasteiger partial charge in [-0.15, -0.1) is 0 Å². The molecule has 0 aromatic carbocycles. The topological polar surface area (TPSA) is 52.0 Å². The van der Waals surface area contributed by atoms with Gasteiger partial charge in [0.15, 0.2) is 0 Å². The Balaban J connectivity index is 2.46. The summed E-state index contributed by atoms with van der Waals surface area (Å²) in [7, 11) is 0. The van der Waals surface area contributed by atoms with Gasteiger partial charge in [0.25, 0.3) is 0 Å². The zero-order chi connectivity index (χ0) is 8.72. The van der Waals surface area contributed by atoms with Crippen molar-refractivity contribution >= 4 is 0 Å². The number of aromatic nitrogens is 1. The van der Waals surface area contributed by atoms with E-state index in [0.717, 1.165) is 24.3 Å². The predicted octanol–water partition coefficient (Wildman–Crippen LogP) is 1.74. The molecule has 1 aromatic heterocycles. The minimum Gasteiger partial charge on any atom is -0.361 e. The second-order valence-electron chi connectivity index (χ2n) is 3.70. The molecule has 1 unspecified atom stereocenters. The summed E-state index contributed by atoms with van der Waals surface area (Å²) in [5.74, 6) is 1.42. The van der Waals surface area contributed by atoms with Crippen molar-refractivity contribution in [1.82, 2.24) is 5.16 Å². The van der Waals surface area contributed by atoms with Crippen LogP contribution in [-0.4, -0.2) is 5.16 Å². The van der Waals surface area contributed by atoms with E-state index in [-0.39, 0.29) is 6.04 Å². The van der Waals surface area contributed by atoms with Crippen LogP contribution in [0.4, 0.5) is 0 Å². The van der Waals surface area contributed by atoms with Crippen LogP contribution < -0.4 is 5.73 Å². The quantitative estimate of drug-likeness (QED) is 0.691. The number of nitrogens with zero attached hydrogens (tertiary/aromatic N) is 1. The Morgan fingerprint density at radius 1 is 1.58 bits per heavy atom. The van der Waals surface area contributed by atoms with E-state index >= 15 is 0 Å².